The first-order chi connectivity index (χ1) is 9.04. The average molecular weight is 261 g/mol. The number of aliphatic imine (C=N–C) groups is 1. The number of hydrogen-bond acceptors (Lipinski definition) is 6. The molecule has 0 aliphatic carbocycles. The SMILES string of the molecule is C=C(C)C(=O)OC/C(C=Nc1ccccc1O)=N/N. The van der Waals surface area contributed by atoms with Crippen molar-refractivity contribution in [3.05, 3.63) is 36.4 Å². The van der Waals surface area contributed by atoms with E-state index < -0.39 is 5.97 Å². The molecule has 0 atom stereocenters. The van der Waals surface area contributed by atoms with E-state index in [9.17, 15) is 9.90 Å². The van der Waals surface area contributed by atoms with Gasteiger partial charge >= 0.3 is 5.97 Å². The summed E-state index contributed by atoms with van der Waals surface area (Å²) in [6, 6.07) is 6.54. The summed E-state index contributed by atoms with van der Waals surface area (Å²) in [5, 5.41) is 12.9. The van der Waals surface area contributed by atoms with Crippen molar-refractivity contribution >= 4 is 23.6 Å². The van der Waals surface area contributed by atoms with E-state index >= 15 is 0 Å². The van der Waals surface area contributed by atoms with E-state index in [2.05, 4.69) is 16.7 Å². The highest BCUT2D eigenvalue weighted by molar-refractivity contribution is 6.32. The number of phenolic OH excluding ortho intramolecular Hbond substituents is 1. The van der Waals surface area contributed by atoms with Gasteiger partial charge in [-0.15, -0.1) is 0 Å². The van der Waals surface area contributed by atoms with Crippen molar-refractivity contribution in [3.8, 4) is 5.75 Å². The predicted octanol–water partition coefficient (Wildman–Crippen LogP) is 1.53. The summed E-state index contributed by atoms with van der Waals surface area (Å²) in [7, 11) is 0. The van der Waals surface area contributed by atoms with Crippen LogP contribution in [0.25, 0.3) is 0 Å². The summed E-state index contributed by atoms with van der Waals surface area (Å²) in [6.45, 7) is 4.88. The third-order valence-corrected chi connectivity index (χ3v) is 2.10. The molecule has 1 rings (SSSR count). The minimum Gasteiger partial charge on any atom is -0.506 e. The van der Waals surface area contributed by atoms with Crippen LogP contribution >= 0.6 is 0 Å². The van der Waals surface area contributed by atoms with E-state index in [0.717, 1.165) is 0 Å². The number of aromatic hydroxyl groups is 1. The fraction of sp³-hybridized carbons (Fsp3) is 0.154. The maximum atomic E-state index is 11.2. The number of esters is 1. The second kappa shape index (κ2) is 6.95. The molecule has 0 spiro atoms. The molecule has 0 saturated heterocycles. The third kappa shape index (κ3) is 4.63. The van der Waals surface area contributed by atoms with Crippen molar-refractivity contribution in [1.29, 1.82) is 0 Å². The van der Waals surface area contributed by atoms with Gasteiger partial charge in [0.1, 0.15) is 23.8 Å². The molecule has 100 valence electrons. The Morgan fingerprint density at radius 3 is 2.79 bits per heavy atom. The average Bonchev–Trinajstić information content (AvgIpc) is 2.40. The van der Waals surface area contributed by atoms with Gasteiger partial charge in [-0.25, -0.2) is 4.79 Å². The zero-order chi connectivity index (χ0) is 14.3. The van der Waals surface area contributed by atoms with Crippen LogP contribution in [-0.2, 0) is 9.53 Å². The molecule has 1 aromatic rings. The molecule has 1 aromatic carbocycles. The molecule has 6 heteroatoms. The summed E-state index contributed by atoms with van der Waals surface area (Å²) in [6.07, 6.45) is 1.32. The zero-order valence-electron chi connectivity index (χ0n) is 10.5. The van der Waals surface area contributed by atoms with Gasteiger partial charge in [0.25, 0.3) is 0 Å². The summed E-state index contributed by atoms with van der Waals surface area (Å²) < 4.78 is 4.87. The molecule has 6 nitrogen and oxygen atoms in total. The van der Waals surface area contributed by atoms with E-state index in [1.165, 1.54) is 19.2 Å². The van der Waals surface area contributed by atoms with Crippen LogP contribution in [0, 0.1) is 0 Å². The molecule has 19 heavy (non-hydrogen) atoms. The first-order valence-corrected chi connectivity index (χ1v) is 5.46. The van der Waals surface area contributed by atoms with Crippen molar-refractivity contribution in [2.75, 3.05) is 6.61 Å². The lowest BCUT2D eigenvalue weighted by molar-refractivity contribution is -0.137. The molecule has 0 heterocycles. The second-order valence-electron chi connectivity index (χ2n) is 3.72. The zero-order valence-corrected chi connectivity index (χ0v) is 10.5. The summed E-state index contributed by atoms with van der Waals surface area (Å²) in [4.78, 5) is 15.2. The van der Waals surface area contributed by atoms with Gasteiger partial charge in [0, 0.05) is 5.57 Å². The van der Waals surface area contributed by atoms with Gasteiger partial charge in [0.05, 0.1) is 6.21 Å². The second-order valence-corrected chi connectivity index (χ2v) is 3.72. The number of nitrogens with two attached hydrogens (primary N) is 1. The largest absolute Gasteiger partial charge is 0.506 e. The lowest BCUT2D eigenvalue weighted by atomic mass is 10.3. The Kier molecular flexibility index (Phi) is 5.28. The highest BCUT2D eigenvalue weighted by Gasteiger charge is 2.05. The Morgan fingerprint density at radius 1 is 1.53 bits per heavy atom. The van der Waals surface area contributed by atoms with Crippen LogP contribution in [0.4, 0.5) is 5.69 Å². The maximum absolute atomic E-state index is 11.2. The summed E-state index contributed by atoms with van der Waals surface area (Å²) in [5.74, 6) is 4.66. The minimum absolute atomic E-state index is 0.0362. The van der Waals surface area contributed by atoms with Gasteiger partial charge in [-0.1, -0.05) is 18.7 Å². The topological polar surface area (TPSA) is 97.3 Å². The van der Waals surface area contributed by atoms with Crippen molar-refractivity contribution in [2.45, 2.75) is 6.92 Å². The molecule has 0 unspecified atom stereocenters. The molecule has 0 amide bonds. The quantitative estimate of drug-likeness (QED) is 0.276. The van der Waals surface area contributed by atoms with E-state index in [-0.39, 0.29) is 23.6 Å². The Labute approximate surface area is 110 Å². The van der Waals surface area contributed by atoms with Crippen LogP contribution in [-0.4, -0.2) is 29.6 Å². The predicted molar refractivity (Wildman–Crippen MR) is 73.7 cm³/mol. The molecule has 0 radical (unpaired) electrons. The monoisotopic (exact) mass is 261 g/mol. The molecule has 0 saturated carbocycles. The van der Waals surface area contributed by atoms with Gasteiger partial charge in [0.2, 0.25) is 0 Å². The van der Waals surface area contributed by atoms with Gasteiger partial charge in [-0.2, -0.15) is 5.10 Å². The van der Waals surface area contributed by atoms with Crippen LogP contribution in [0.2, 0.25) is 0 Å². The number of para-hydroxylation sites is 2. The standard InChI is InChI=1S/C13H15N3O3/c1-9(2)13(18)19-8-10(16-14)7-15-11-5-3-4-6-12(11)17/h3-7,17H,1,8,14H2,2H3/b15-7?,16-10+. The molecule has 0 aliphatic rings. The highest BCUT2D eigenvalue weighted by Crippen LogP contribution is 2.24. The number of carbonyl (C=O) groups is 1. The lowest BCUT2D eigenvalue weighted by Gasteiger charge is -2.03. The van der Waals surface area contributed by atoms with Gasteiger partial charge in [-0.05, 0) is 19.1 Å². The van der Waals surface area contributed by atoms with Crippen LogP contribution in [0.3, 0.4) is 0 Å². The van der Waals surface area contributed by atoms with E-state index in [1.54, 1.807) is 18.2 Å². The number of hydrazone groups is 1. The number of rotatable bonds is 5. The normalized spacial score (nSPS) is 11.5. The number of nitrogens with zero attached hydrogens (tertiary/aromatic N) is 2. The lowest BCUT2D eigenvalue weighted by Crippen LogP contribution is -2.16. The Balaban J connectivity index is 2.66. The number of hydrogen-bond donors (Lipinski definition) is 2. The minimum atomic E-state index is -0.530. The smallest absolute Gasteiger partial charge is 0.333 e. The molecule has 0 bridgehead atoms. The molecule has 0 aliphatic heterocycles. The fourth-order valence-corrected chi connectivity index (χ4v) is 1.09. The summed E-state index contributed by atoms with van der Waals surface area (Å²) >= 11 is 0. The fourth-order valence-electron chi connectivity index (χ4n) is 1.09. The Bertz CT molecular complexity index is 536. The number of carbonyl (C=O) groups excluding carboxylic acids is 1. The van der Waals surface area contributed by atoms with E-state index in [0.29, 0.717) is 5.69 Å². The number of ether oxygens (including phenoxy) is 1. The van der Waals surface area contributed by atoms with E-state index in [1.807, 2.05) is 0 Å². The maximum Gasteiger partial charge on any atom is 0.333 e. The molecule has 0 fully saturated rings. The van der Waals surface area contributed by atoms with Crippen LogP contribution in [0.5, 0.6) is 5.75 Å². The highest BCUT2D eigenvalue weighted by atomic mass is 16.5. The summed E-state index contributed by atoms with van der Waals surface area (Å²) in [5.41, 5.74) is 0.918. The molecule has 0 aromatic heterocycles. The third-order valence-electron chi connectivity index (χ3n) is 2.10. The first kappa shape index (κ1) is 14.4. The molecular weight excluding hydrogens is 246 g/mol. The van der Waals surface area contributed by atoms with Crippen LogP contribution in [0.15, 0.2) is 46.5 Å². The van der Waals surface area contributed by atoms with Crippen molar-refractivity contribution < 1.29 is 14.6 Å². The Morgan fingerprint density at radius 2 is 2.21 bits per heavy atom. The van der Waals surface area contributed by atoms with E-state index in [4.69, 9.17) is 10.6 Å². The number of phenols is 1. The van der Waals surface area contributed by atoms with Crippen LogP contribution in [0.1, 0.15) is 6.92 Å². The van der Waals surface area contributed by atoms with Crippen LogP contribution < -0.4 is 5.84 Å². The first-order valence-electron chi connectivity index (χ1n) is 5.46. The van der Waals surface area contributed by atoms with Gasteiger partial charge in [-0.3, -0.25) is 4.99 Å². The Hall–Kier alpha value is -2.63. The van der Waals surface area contributed by atoms with Crippen molar-refractivity contribution in [3.63, 3.8) is 0 Å². The number of benzene rings is 1. The van der Waals surface area contributed by atoms with Gasteiger partial charge in [0.15, 0.2) is 0 Å². The van der Waals surface area contributed by atoms with Crippen molar-refractivity contribution in [2.24, 2.45) is 15.9 Å². The van der Waals surface area contributed by atoms with Crippen molar-refractivity contribution in [1.82, 2.24) is 0 Å². The van der Waals surface area contributed by atoms with Gasteiger partial charge < -0.3 is 15.7 Å². The molecule has 3 N–H and O–H groups in total. The molecular formula is C13H15N3O3.